The Balaban J connectivity index is 1.35. The van der Waals surface area contributed by atoms with Gasteiger partial charge in [-0.15, -0.1) is 0 Å². The summed E-state index contributed by atoms with van der Waals surface area (Å²) in [5.74, 6) is 0. The third-order valence-corrected chi connectivity index (χ3v) is 11.7. The summed E-state index contributed by atoms with van der Waals surface area (Å²) in [4.78, 5) is 0. The minimum absolute atomic E-state index is 0.276. The molecule has 0 unspecified atom stereocenters. The topological polar surface area (TPSA) is 9.86 Å². The van der Waals surface area contributed by atoms with Gasteiger partial charge < -0.3 is 0 Å². The third-order valence-electron chi connectivity index (χ3n) is 9.32. The van der Waals surface area contributed by atoms with Crippen LogP contribution in [-0.4, -0.2) is 23.6 Å². The molecule has 0 aliphatic heterocycles. The quantitative estimate of drug-likeness (QED) is 0.171. The minimum atomic E-state index is 0.276. The van der Waals surface area contributed by atoms with E-state index in [0.29, 0.717) is 0 Å². The average molecular weight is 638 g/mol. The Labute approximate surface area is 265 Å². The molecule has 0 saturated heterocycles. The number of benzene rings is 7. The van der Waals surface area contributed by atoms with E-state index in [1.165, 1.54) is 85.4 Å². The number of hydrogen-bond donors (Lipinski definition) is 0. The van der Waals surface area contributed by atoms with Gasteiger partial charge in [0.2, 0.25) is 0 Å². The van der Waals surface area contributed by atoms with Crippen molar-refractivity contribution in [1.29, 1.82) is 0 Å². The number of para-hydroxylation sites is 3. The molecule has 10 rings (SSSR count). The van der Waals surface area contributed by atoms with E-state index < -0.39 is 0 Å². The van der Waals surface area contributed by atoms with Gasteiger partial charge in [-0.3, -0.25) is 0 Å². The van der Waals surface area contributed by atoms with E-state index in [0.717, 1.165) is 0 Å². The number of aromatic nitrogens is 2. The van der Waals surface area contributed by atoms with Crippen molar-refractivity contribution in [2.75, 3.05) is 0 Å². The first-order valence-corrected chi connectivity index (χ1v) is 17.1. The van der Waals surface area contributed by atoms with Gasteiger partial charge in [0, 0.05) is 0 Å². The average Bonchev–Trinajstić information content (AvgIpc) is 3.76. The van der Waals surface area contributed by atoms with Crippen molar-refractivity contribution in [2.24, 2.45) is 0 Å². The zero-order valence-corrected chi connectivity index (χ0v) is 26.0. The van der Waals surface area contributed by atoms with Crippen molar-refractivity contribution in [3.05, 3.63) is 158 Å². The van der Waals surface area contributed by atoms with Gasteiger partial charge in [-0.1, -0.05) is 12.1 Å². The van der Waals surface area contributed by atoms with Crippen molar-refractivity contribution in [1.82, 2.24) is 9.13 Å². The number of fused-ring (bicyclic) bond motifs is 9. The maximum absolute atomic E-state index is 2.54. The Hall–Kier alpha value is -5.34. The summed E-state index contributed by atoms with van der Waals surface area (Å²) < 4.78 is 7.87. The van der Waals surface area contributed by atoms with Crippen molar-refractivity contribution in [2.45, 2.75) is 0 Å². The Morgan fingerprint density at radius 2 is 0.933 bits per heavy atom. The monoisotopic (exact) mass is 638 g/mol. The van der Waals surface area contributed by atoms with Gasteiger partial charge in [0.05, 0.1) is 0 Å². The van der Waals surface area contributed by atoms with Gasteiger partial charge in [-0.2, -0.15) is 0 Å². The maximum atomic E-state index is 2.54. The molecule has 3 heterocycles. The molecule has 0 saturated carbocycles. The van der Waals surface area contributed by atoms with Crippen LogP contribution in [0.15, 0.2) is 158 Å². The van der Waals surface area contributed by atoms with Crippen molar-refractivity contribution < 1.29 is 0 Å². The van der Waals surface area contributed by atoms with Gasteiger partial charge in [-0.25, -0.2) is 0 Å². The Kier molecular flexibility index (Phi) is 5.33. The molecule has 0 amide bonds. The van der Waals surface area contributed by atoms with Crippen molar-refractivity contribution in [3.8, 4) is 22.5 Å². The molecule has 0 aliphatic rings. The first kappa shape index (κ1) is 25.0. The van der Waals surface area contributed by atoms with E-state index >= 15 is 0 Å². The second-order valence-corrected chi connectivity index (χ2v) is 14.0. The van der Waals surface area contributed by atoms with Gasteiger partial charge in [-0.05, 0) is 0 Å². The molecule has 0 aliphatic carbocycles. The summed E-state index contributed by atoms with van der Waals surface area (Å²) in [5.41, 5.74) is 9.87. The van der Waals surface area contributed by atoms with Gasteiger partial charge in [0.15, 0.2) is 0 Å². The van der Waals surface area contributed by atoms with E-state index in [4.69, 9.17) is 0 Å². The number of hydrogen-bond acceptors (Lipinski definition) is 0. The van der Waals surface area contributed by atoms with Gasteiger partial charge in [0.1, 0.15) is 0 Å². The van der Waals surface area contributed by atoms with Crippen LogP contribution in [0.2, 0.25) is 0 Å². The summed E-state index contributed by atoms with van der Waals surface area (Å²) in [6.45, 7) is 0. The van der Waals surface area contributed by atoms with Gasteiger partial charge in [0.25, 0.3) is 0 Å². The molecule has 3 aromatic heterocycles. The Bertz CT molecular complexity index is 2710. The normalized spacial score (nSPS) is 12.0. The first-order valence-electron chi connectivity index (χ1n) is 15.4. The first-order chi connectivity index (χ1) is 22.3. The van der Waals surface area contributed by atoms with Crippen LogP contribution in [0.5, 0.6) is 0 Å². The van der Waals surface area contributed by atoms with Crippen molar-refractivity contribution in [3.63, 3.8) is 0 Å². The van der Waals surface area contributed by atoms with Gasteiger partial charge >= 0.3 is 255 Å². The van der Waals surface area contributed by atoms with E-state index in [-0.39, 0.29) is 14.5 Å². The fourth-order valence-electron chi connectivity index (χ4n) is 7.42. The predicted octanol–water partition coefficient (Wildman–Crippen LogP) is 10.9. The van der Waals surface area contributed by atoms with E-state index in [2.05, 4.69) is 167 Å². The molecule has 3 heteroatoms. The summed E-state index contributed by atoms with van der Waals surface area (Å²) in [6, 6.07) is 58.1. The molecule has 45 heavy (non-hydrogen) atoms. The molecule has 0 radical (unpaired) electrons. The summed E-state index contributed by atoms with van der Waals surface area (Å²) in [5, 5.41) is 7.84. The number of nitrogens with zero attached hydrogens (tertiary/aromatic N) is 2. The van der Waals surface area contributed by atoms with Crippen LogP contribution in [0.1, 0.15) is 0 Å². The molecule has 0 spiro atoms. The molecule has 0 atom stereocenters. The molecule has 0 N–H and O–H groups in total. The standard InChI is InChI=1S/C42H26N2Se/c1-2-12-27(13-3-1)29-23-25-40-41(33-17-7-11-21-39(33)45-40)42(29)44-37-20-10-6-16-32(37)34-26-28(22-24-38(34)44)43-35-18-8-4-14-30(35)31-15-5-9-19-36(31)43/h1-26H. The van der Waals surface area contributed by atoms with Crippen LogP contribution in [0.4, 0.5) is 0 Å². The fourth-order valence-corrected chi connectivity index (χ4v) is 9.75. The third kappa shape index (κ3) is 3.57. The van der Waals surface area contributed by atoms with Crippen LogP contribution in [0, 0.1) is 0 Å². The summed E-state index contributed by atoms with van der Waals surface area (Å²) >= 11 is 0.276. The van der Waals surface area contributed by atoms with Crippen LogP contribution >= 0.6 is 0 Å². The molecular formula is C42H26N2Se. The van der Waals surface area contributed by atoms with Crippen LogP contribution in [0.25, 0.3) is 85.4 Å². The Morgan fingerprint density at radius 3 is 1.64 bits per heavy atom. The molecule has 10 aromatic rings. The number of rotatable bonds is 3. The van der Waals surface area contributed by atoms with E-state index in [9.17, 15) is 0 Å². The molecular weight excluding hydrogens is 611 g/mol. The zero-order valence-electron chi connectivity index (χ0n) is 24.3. The predicted molar refractivity (Wildman–Crippen MR) is 193 cm³/mol. The molecule has 210 valence electrons. The SMILES string of the molecule is c1ccc(-c2ccc3[se]c4ccccc4c3c2-n2c3ccccc3c3cc(-n4c5ccccc5c5ccccc54)ccc32)cc1. The van der Waals surface area contributed by atoms with Crippen LogP contribution in [0.3, 0.4) is 0 Å². The molecule has 0 fully saturated rings. The second kappa shape index (κ2) is 9.58. The van der Waals surface area contributed by atoms with Crippen LogP contribution in [-0.2, 0) is 0 Å². The second-order valence-electron chi connectivity index (χ2n) is 11.7. The Morgan fingerprint density at radius 1 is 0.378 bits per heavy atom. The van der Waals surface area contributed by atoms with Crippen molar-refractivity contribution >= 4 is 77.4 Å². The van der Waals surface area contributed by atoms with E-state index in [1.54, 1.807) is 0 Å². The fraction of sp³-hybridized carbons (Fsp3) is 0. The molecule has 7 aromatic carbocycles. The summed E-state index contributed by atoms with van der Waals surface area (Å²) in [7, 11) is 0. The molecule has 2 nitrogen and oxygen atoms in total. The van der Waals surface area contributed by atoms with E-state index in [1.807, 2.05) is 0 Å². The molecule has 0 bridgehead atoms. The van der Waals surface area contributed by atoms with Crippen LogP contribution < -0.4 is 0 Å². The zero-order chi connectivity index (χ0) is 29.5. The summed E-state index contributed by atoms with van der Waals surface area (Å²) in [6.07, 6.45) is 0.